The van der Waals surface area contributed by atoms with Gasteiger partial charge in [0, 0.05) is 7.05 Å². The molecule has 2 aliphatic rings. The molecule has 1 aliphatic heterocycles. The molecular formula is C20H33N3O5. The van der Waals surface area contributed by atoms with Gasteiger partial charge >= 0.3 is 12.1 Å². The molecule has 1 fully saturated rings. The van der Waals surface area contributed by atoms with E-state index in [1.54, 1.807) is 34.7 Å². The number of hydrazone groups is 1. The molecule has 0 saturated heterocycles. The molecule has 2 amide bonds. The van der Waals surface area contributed by atoms with Crippen molar-refractivity contribution in [2.75, 3.05) is 20.2 Å². The zero-order chi connectivity index (χ0) is 20.9. The van der Waals surface area contributed by atoms with Crippen LogP contribution in [-0.4, -0.2) is 65.4 Å². The number of esters is 1. The van der Waals surface area contributed by atoms with Crippen LogP contribution in [0, 0.1) is 5.92 Å². The first-order valence-corrected chi connectivity index (χ1v) is 10.1. The highest BCUT2D eigenvalue weighted by Crippen LogP contribution is 2.31. The summed E-state index contributed by atoms with van der Waals surface area (Å²) in [6, 6.07) is -0.683. The smallest absolute Gasteiger partial charge is 0.410 e. The van der Waals surface area contributed by atoms with Crippen LogP contribution >= 0.6 is 0 Å². The third-order valence-corrected chi connectivity index (χ3v) is 4.87. The van der Waals surface area contributed by atoms with Crippen LogP contribution in [0.1, 0.15) is 66.2 Å². The second-order valence-corrected chi connectivity index (χ2v) is 8.51. The second kappa shape index (κ2) is 9.39. The molecule has 0 radical (unpaired) electrons. The monoisotopic (exact) mass is 395 g/mol. The van der Waals surface area contributed by atoms with Crippen LogP contribution in [0.2, 0.25) is 0 Å². The number of hydrogen-bond donors (Lipinski definition) is 0. The van der Waals surface area contributed by atoms with Crippen LogP contribution < -0.4 is 0 Å². The maximum atomic E-state index is 12.6. The van der Waals surface area contributed by atoms with Gasteiger partial charge in [0.05, 0.1) is 25.3 Å². The van der Waals surface area contributed by atoms with E-state index in [-0.39, 0.29) is 31.4 Å². The topological polar surface area (TPSA) is 88.5 Å². The molecule has 0 aromatic carbocycles. The van der Waals surface area contributed by atoms with Crippen molar-refractivity contribution < 1.29 is 23.9 Å². The summed E-state index contributed by atoms with van der Waals surface area (Å²) >= 11 is 0. The Kier molecular flexibility index (Phi) is 7.43. The van der Waals surface area contributed by atoms with Crippen LogP contribution in [0.25, 0.3) is 0 Å². The first-order chi connectivity index (χ1) is 13.1. The third kappa shape index (κ3) is 5.94. The van der Waals surface area contributed by atoms with Gasteiger partial charge in [0.2, 0.25) is 5.91 Å². The van der Waals surface area contributed by atoms with E-state index >= 15 is 0 Å². The summed E-state index contributed by atoms with van der Waals surface area (Å²) in [6.45, 7) is 7.59. The standard InChI is InChI=1S/C20H33N3O5/c1-6-27-18(25)17(14-10-8-7-9-11-14)23-16(24)12-15(21-23)13-22(5)19(26)28-20(2,3)4/h14,17H,6-13H2,1-5H3. The zero-order valence-corrected chi connectivity index (χ0v) is 17.7. The summed E-state index contributed by atoms with van der Waals surface area (Å²) in [6.07, 6.45) is 4.62. The minimum Gasteiger partial charge on any atom is -0.464 e. The summed E-state index contributed by atoms with van der Waals surface area (Å²) in [7, 11) is 1.60. The Labute approximate surface area is 167 Å². The Hall–Kier alpha value is -2.12. The highest BCUT2D eigenvalue weighted by Gasteiger charge is 2.41. The highest BCUT2D eigenvalue weighted by molar-refractivity contribution is 6.07. The van der Waals surface area contributed by atoms with Crippen molar-refractivity contribution in [1.29, 1.82) is 0 Å². The molecule has 8 nitrogen and oxygen atoms in total. The number of carbonyl (C=O) groups excluding carboxylic acids is 3. The Morgan fingerprint density at radius 3 is 2.46 bits per heavy atom. The van der Waals surface area contributed by atoms with E-state index in [0.717, 1.165) is 32.1 Å². The molecule has 8 heteroatoms. The maximum absolute atomic E-state index is 12.6. The third-order valence-electron chi connectivity index (χ3n) is 4.87. The van der Waals surface area contributed by atoms with Crippen molar-refractivity contribution in [3.05, 3.63) is 0 Å². The van der Waals surface area contributed by atoms with E-state index < -0.39 is 23.7 Å². The van der Waals surface area contributed by atoms with Crippen LogP contribution in [-0.2, 0) is 19.1 Å². The fourth-order valence-electron chi connectivity index (χ4n) is 3.65. The molecule has 0 aromatic heterocycles. The van der Waals surface area contributed by atoms with Gasteiger partial charge < -0.3 is 14.4 Å². The molecule has 1 unspecified atom stereocenters. The number of carbonyl (C=O) groups is 3. The van der Waals surface area contributed by atoms with Crippen molar-refractivity contribution in [2.24, 2.45) is 11.0 Å². The number of rotatable bonds is 6. The molecule has 1 aliphatic carbocycles. The average Bonchev–Trinajstić information content (AvgIpc) is 2.95. The molecule has 1 heterocycles. The maximum Gasteiger partial charge on any atom is 0.410 e. The van der Waals surface area contributed by atoms with Gasteiger partial charge in [-0.05, 0) is 46.5 Å². The minimum atomic E-state index is -0.683. The van der Waals surface area contributed by atoms with E-state index in [9.17, 15) is 14.4 Å². The van der Waals surface area contributed by atoms with Gasteiger partial charge in [-0.1, -0.05) is 19.3 Å². The van der Waals surface area contributed by atoms with Crippen molar-refractivity contribution in [2.45, 2.75) is 77.9 Å². The molecule has 1 atom stereocenters. The first kappa shape index (κ1) is 22.2. The lowest BCUT2D eigenvalue weighted by molar-refractivity contribution is -0.157. The van der Waals surface area contributed by atoms with Crippen LogP contribution in [0.5, 0.6) is 0 Å². The number of ether oxygens (including phenoxy) is 2. The fourth-order valence-corrected chi connectivity index (χ4v) is 3.65. The van der Waals surface area contributed by atoms with Gasteiger partial charge in [-0.25, -0.2) is 14.6 Å². The quantitative estimate of drug-likeness (QED) is 0.645. The lowest BCUT2D eigenvalue weighted by Crippen LogP contribution is -2.46. The summed E-state index contributed by atoms with van der Waals surface area (Å²) < 4.78 is 10.6. The van der Waals surface area contributed by atoms with Crippen molar-refractivity contribution in [1.82, 2.24) is 9.91 Å². The van der Waals surface area contributed by atoms with Crippen LogP contribution in [0.15, 0.2) is 5.10 Å². The summed E-state index contributed by atoms with van der Waals surface area (Å²) in [5.41, 5.74) is -0.0517. The van der Waals surface area contributed by atoms with Gasteiger partial charge in [-0.2, -0.15) is 5.10 Å². The van der Waals surface area contributed by atoms with Gasteiger partial charge in [0.1, 0.15) is 5.60 Å². The normalized spacial score (nSPS) is 19.2. The largest absolute Gasteiger partial charge is 0.464 e. The average molecular weight is 396 g/mol. The number of nitrogens with zero attached hydrogens (tertiary/aromatic N) is 3. The molecule has 0 N–H and O–H groups in total. The van der Waals surface area contributed by atoms with Crippen molar-refractivity contribution >= 4 is 23.7 Å². The molecule has 0 spiro atoms. The second-order valence-electron chi connectivity index (χ2n) is 8.51. The molecule has 0 aromatic rings. The van der Waals surface area contributed by atoms with Gasteiger partial charge in [0.25, 0.3) is 0 Å². The van der Waals surface area contributed by atoms with Crippen molar-refractivity contribution in [3.8, 4) is 0 Å². The Morgan fingerprint density at radius 2 is 1.89 bits per heavy atom. The number of amides is 2. The summed E-state index contributed by atoms with van der Waals surface area (Å²) in [5.74, 6) is -0.562. The molecule has 0 bridgehead atoms. The zero-order valence-electron chi connectivity index (χ0n) is 17.7. The fraction of sp³-hybridized carbons (Fsp3) is 0.800. The molecular weight excluding hydrogens is 362 g/mol. The van der Waals surface area contributed by atoms with E-state index in [1.807, 2.05) is 0 Å². The van der Waals surface area contributed by atoms with Gasteiger partial charge in [-0.15, -0.1) is 0 Å². The van der Waals surface area contributed by atoms with E-state index in [1.165, 1.54) is 9.91 Å². The summed E-state index contributed by atoms with van der Waals surface area (Å²) in [4.78, 5) is 38.8. The van der Waals surface area contributed by atoms with Crippen LogP contribution in [0.3, 0.4) is 0 Å². The highest BCUT2D eigenvalue weighted by atomic mass is 16.6. The van der Waals surface area contributed by atoms with Gasteiger partial charge in [0.15, 0.2) is 6.04 Å². The summed E-state index contributed by atoms with van der Waals surface area (Å²) in [5, 5.41) is 5.71. The lowest BCUT2D eigenvalue weighted by atomic mass is 9.83. The van der Waals surface area contributed by atoms with E-state index in [2.05, 4.69) is 5.10 Å². The Balaban J connectivity index is 2.11. The SMILES string of the molecule is CCOC(=O)C(C1CCCCC1)N1N=C(CN(C)C(=O)OC(C)(C)C)CC1=O. The predicted octanol–water partition coefficient (Wildman–Crippen LogP) is 2.95. The molecule has 28 heavy (non-hydrogen) atoms. The van der Waals surface area contributed by atoms with Crippen LogP contribution in [0.4, 0.5) is 4.79 Å². The first-order valence-electron chi connectivity index (χ1n) is 10.1. The van der Waals surface area contributed by atoms with E-state index in [0.29, 0.717) is 5.71 Å². The van der Waals surface area contributed by atoms with Crippen molar-refractivity contribution in [3.63, 3.8) is 0 Å². The predicted molar refractivity (Wildman–Crippen MR) is 105 cm³/mol. The number of hydrogen-bond acceptors (Lipinski definition) is 6. The Bertz CT molecular complexity index is 620. The minimum absolute atomic E-state index is 0.0587. The van der Waals surface area contributed by atoms with E-state index in [4.69, 9.17) is 9.47 Å². The molecule has 158 valence electrons. The van der Waals surface area contributed by atoms with Gasteiger partial charge in [-0.3, -0.25) is 4.79 Å². The molecule has 1 saturated carbocycles. The Morgan fingerprint density at radius 1 is 1.25 bits per heavy atom. The lowest BCUT2D eigenvalue weighted by Gasteiger charge is -2.32. The molecule has 2 rings (SSSR count).